The van der Waals surface area contributed by atoms with E-state index in [2.05, 4.69) is 4.98 Å². The van der Waals surface area contributed by atoms with Crippen LogP contribution in [0.15, 0.2) is 0 Å². The average molecular weight is 211 g/mol. The molecule has 0 fully saturated rings. The zero-order valence-corrected chi connectivity index (χ0v) is 9.46. The van der Waals surface area contributed by atoms with Crippen LogP contribution in [-0.2, 0) is 0 Å². The van der Waals surface area contributed by atoms with Crippen LogP contribution in [0, 0.1) is 0 Å². The molecule has 13 heavy (non-hydrogen) atoms. The molecule has 0 aromatic heterocycles. The number of hydrogen-bond donors (Lipinski definition) is 6. The van der Waals surface area contributed by atoms with E-state index in [9.17, 15) is 10.2 Å². The van der Waals surface area contributed by atoms with Gasteiger partial charge in [0.05, 0.1) is 23.1 Å². The van der Waals surface area contributed by atoms with Crippen molar-refractivity contribution in [2.24, 2.45) is 0 Å². The molecule has 0 aliphatic carbocycles. The highest BCUT2D eigenvalue weighted by molar-refractivity contribution is 6.04. The molecule has 6 N–H and O–H groups in total. The zero-order chi connectivity index (χ0) is 10.4. The summed E-state index contributed by atoms with van der Waals surface area (Å²) in [5.74, 6) is 0. The second-order valence-electron chi connectivity index (χ2n) is 2.86. The molecule has 0 heterocycles. The molecule has 0 unspecified atom stereocenters. The fourth-order valence-corrected chi connectivity index (χ4v) is 1.31. The first kappa shape index (κ1) is 13.0. The Balaban J connectivity index is 3.99. The van der Waals surface area contributed by atoms with Gasteiger partial charge in [0.25, 0.3) is 0 Å². The van der Waals surface area contributed by atoms with Crippen LogP contribution < -0.4 is 4.98 Å². The average Bonchev–Trinajstić information content (AvgIpc) is 2.14. The lowest BCUT2D eigenvalue weighted by Crippen LogP contribution is -2.48. The van der Waals surface area contributed by atoms with E-state index in [1.54, 1.807) is 0 Å². The minimum absolute atomic E-state index is 0.155. The molecular formula is C6H17NO5Si. The first-order chi connectivity index (χ1) is 6.04. The number of hydrogen-bond acceptors (Lipinski definition) is 6. The molecule has 0 rings (SSSR count). The predicted octanol–water partition coefficient (Wildman–Crippen LogP) is -4.71. The Labute approximate surface area is 79.3 Å². The van der Waals surface area contributed by atoms with Gasteiger partial charge in [-0.1, -0.05) is 0 Å². The molecule has 0 bridgehead atoms. The predicted molar refractivity (Wildman–Crippen MR) is 49.1 cm³/mol. The summed E-state index contributed by atoms with van der Waals surface area (Å²) < 4.78 is 0. The molecule has 0 aromatic carbocycles. The molecule has 6 nitrogen and oxygen atoms in total. The topological polar surface area (TPSA) is 113 Å². The third-order valence-electron chi connectivity index (χ3n) is 1.74. The summed E-state index contributed by atoms with van der Waals surface area (Å²) in [6.45, 7) is -0.498. The van der Waals surface area contributed by atoms with Crippen molar-refractivity contribution in [2.75, 3.05) is 13.2 Å². The molecule has 7 heteroatoms. The van der Waals surface area contributed by atoms with Gasteiger partial charge in [-0.15, -0.1) is 0 Å². The lowest BCUT2D eigenvalue weighted by atomic mass is 10.0. The van der Waals surface area contributed by atoms with Crippen molar-refractivity contribution in [1.29, 1.82) is 0 Å². The quantitative estimate of drug-likeness (QED) is 0.246. The normalized spacial score (nSPS) is 21.0. The van der Waals surface area contributed by atoms with Crippen LogP contribution >= 0.6 is 0 Å². The van der Waals surface area contributed by atoms with Crippen LogP contribution in [0.3, 0.4) is 0 Å². The Morgan fingerprint density at radius 1 is 1.00 bits per heavy atom. The van der Waals surface area contributed by atoms with Gasteiger partial charge in [-0.05, 0) is 0 Å². The lowest BCUT2D eigenvalue weighted by Gasteiger charge is -2.25. The minimum atomic E-state index is -1.53. The molecule has 0 amide bonds. The maximum absolute atomic E-state index is 9.22. The van der Waals surface area contributed by atoms with Crippen LogP contribution in [0.1, 0.15) is 0 Å². The van der Waals surface area contributed by atoms with Gasteiger partial charge < -0.3 is 30.5 Å². The maximum Gasteiger partial charge on any atom is 0.111 e. The number of nitrogens with one attached hydrogen (secondary N) is 1. The summed E-state index contributed by atoms with van der Waals surface area (Å²) in [7, 11) is 0.661. The summed E-state index contributed by atoms with van der Waals surface area (Å²) in [5, 5.41) is 44.9. The zero-order valence-electron chi connectivity index (χ0n) is 7.46. The lowest BCUT2D eigenvalue weighted by molar-refractivity contribution is -0.113. The van der Waals surface area contributed by atoms with Crippen LogP contribution in [0.5, 0.6) is 0 Å². The molecule has 0 saturated heterocycles. The van der Waals surface area contributed by atoms with Gasteiger partial charge >= 0.3 is 0 Å². The molecule has 0 spiro atoms. The highest BCUT2D eigenvalue weighted by Crippen LogP contribution is 2.03. The van der Waals surface area contributed by atoms with Crippen molar-refractivity contribution < 1.29 is 25.5 Å². The Bertz CT molecular complexity index is 138. The van der Waals surface area contributed by atoms with Crippen molar-refractivity contribution in [3.8, 4) is 0 Å². The maximum atomic E-state index is 9.22. The van der Waals surface area contributed by atoms with E-state index >= 15 is 0 Å². The Morgan fingerprint density at radius 2 is 1.46 bits per heavy atom. The molecule has 0 aromatic rings. The molecule has 0 aliphatic heterocycles. The minimum Gasteiger partial charge on any atom is -0.394 e. The van der Waals surface area contributed by atoms with Gasteiger partial charge in [0.2, 0.25) is 0 Å². The molecule has 0 saturated carbocycles. The molecule has 4 atom stereocenters. The van der Waals surface area contributed by atoms with Gasteiger partial charge in [0, 0.05) is 6.54 Å². The second-order valence-corrected chi connectivity index (χ2v) is 3.56. The van der Waals surface area contributed by atoms with Crippen molar-refractivity contribution in [3.05, 3.63) is 0 Å². The Hall–Kier alpha value is -0.0231. The standard InChI is InChI=1S/C6H17NO5Si/c8-2-4(10)6(12)5(11)3(9)1-7-13/h3-12H,1-2H2,13H3/t3-,4+,5+,6+/m0/s1. The highest BCUT2D eigenvalue weighted by Gasteiger charge is 2.29. The third kappa shape index (κ3) is 4.14. The highest BCUT2D eigenvalue weighted by atomic mass is 28.2. The first-order valence-electron chi connectivity index (χ1n) is 4.02. The van der Waals surface area contributed by atoms with E-state index in [0.29, 0.717) is 10.4 Å². The van der Waals surface area contributed by atoms with Gasteiger partial charge in [-0.25, -0.2) is 0 Å². The van der Waals surface area contributed by atoms with Gasteiger partial charge in [-0.2, -0.15) is 0 Å². The van der Waals surface area contributed by atoms with Crippen molar-refractivity contribution in [2.45, 2.75) is 24.4 Å². The largest absolute Gasteiger partial charge is 0.394 e. The summed E-state index contributed by atoms with van der Waals surface area (Å²) in [5.41, 5.74) is 0. The molecule has 80 valence electrons. The van der Waals surface area contributed by atoms with Crippen LogP contribution in [0.4, 0.5) is 0 Å². The van der Waals surface area contributed by atoms with Crippen molar-refractivity contribution >= 4 is 10.4 Å². The summed E-state index contributed by atoms with van der Waals surface area (Å²) in [4.78, 5) is 2.73. The van der Waals surface area contributed by atoms with Crippen LogP contribution in [0.25, 0.3) is 0 Å². The van der Waals surface area contributed by atoms with Crippen LogP contribution in [0.2, 0.25) is 0 Å². The van der Waals surface area contributed by atoms with E-state index in [1.807, 2.05) is 0 Å². The number of aliphatic hydroxyl groups excluding tert-OH is 5. The van der Waals surface area contributed by atoms with E-state index in [-0.39, 0.29) is 6.54 Å². The summed E-state index contributed by atoms with van der Waals surface area (Å²) >= 11 is 0. The molecular weight excluding hydrogens is 194 g/mol. The number of rotatable bonds is 6. The van der Waals surface area contributed by atoms with E-state index in [0.717, 1.165) is 0 Å². The second kappa shape index (κ2) is 6.43. The van der Waals surface area contributed by atoms with Crippen molar-refractivity contribution in [1.82, 2.24) is 4.98 Å². The first-order valence-corrected chi connectivity index (χ1v) is 5.02. The fourth-order valence-electron chi connectivity index (χ4n) is 0.893. The van der Waals surface area contributed by atoms with Crippen LogP contribution in [-0.4, -0.2) is 73.5 Å². The summed E-state index contributed by atoms with van der Waals surface area (Å²) in [6, 6.07) is 0. The number of aliphatic hydroxyl groups is 5. The van der Waals surface area contributed by atoms with Gasteiger partial charge in [-0.3, -0.25) is 0 Å². The van der Waals surface area contributed by atoms with Gasteiger partial charge in [0.15, 0.2) is 0 Å². The summed E-state index contributed by atoms with van der Waals surface area (Å²) in [6.07, 6.45) is -5.56. The fraction of sp³-hybridized carbons (Fsp3) is 1.00. The molecule has 0 aliphatic rings. The Kier molecular flexibility index (Phi) is 6.42. The molecule has 0 radical (unpaired) electrons. The Morgan fingerprint density at radius 3 is 1.85 bits per heavy atom. The third-order valence-corrected chi connectivity index (χ3v) is 2.15. The smallest absolute Gasteiger partial charge is 0.111 e. The van der Waals surface area contributed by atoms with E-state index in [4.69, 9.17) is 15.3 Å². The van der Waals surface area contributed by atoms with Crippen molar-refractivity contribution in [3.63, 3.8) is 0 Å². The SMILES string of the molecule is OC[C@@H](O)[C@@H](O)[C@H](O)[C@@H](O)CN[SiH3]. The van der Waals surface area contributed by atoms with E-state index in [1.165, 1.54) is 0 Å². The van der Waals surface area contributed by atoms with E-state index < -0.39 is 31.0 Å². The van der Waals surface area contributed by atoms with Gasteiger partial charge in [0.1, 0.15) is 18.3 Å². The monoisotopic (exact) mass is 211 g/mol.